The Morgan fingerprint density at radius 2 is 1.67 bits per heavy atom. The maximum atomic E-state index is 12.5. The third-order valence-electron chi connectivity index (χ3n) is 4.73. The van der Waals surface area contributed by atoms with Crippen LogP contribution < -0.4 is 5.32 Å². The quantitative estimate of drug-likeness (QED) is 0.665. The summed E-state index contributed by atoms with van der Waals surface area (Å²) in [5.41, 5.74) is 0.200. The lowest BCUT2D eigenvalue weighted by Gasteiger charge is -2.35. The van der Waals surface area contributed by atoms with Gasteiger partial charge in [0.25, 0.3) is 16.1 Å². The summed E-state index contributed by atoms with van der Waals surface area (Å²) in [6.07, 6.45) is 6.22. The molecule has 0 bridgehead atoms. The van der Waals surface area contributed by atoms with Crippen LogP contribution in [-0.4, -0.2) is 89.5 Å². The van der Waals surface area contributed by atoms with Crippen molar-refractivity contribution in [2.45, 2.75) is 19.3 Å². The van der Waals surface area contributed by atoms with Crippen molar-refractivity contribution in [1.82, 2.24) is 28.8 Å². The molecule has 3 heterocycles. The van der Waals surface area contributed by atoms with Crippen molar-refractivity contribution in [3.63, 3.8) is 0 Å². The van der Waals surface area contributed by atoms with Crippen LogP contribution in [-0.2, 0) is 15.0 Å². The Bertz CT molecular complexity index is 758. The van der Waals surface area contributed by atoms with Crippen LogP contribution in [0.4, 0.5) is 0 Å². The number of carbonyl (C=O) groups is 2. The molecule has 0 aromatic carbocycles. The minimum Gasteiger partial charge on any atom is -0.350 e. The third kappa shape index (κ3) is 4.79. The van der Waals surface area contributed by atoms with E-state index in [1.54, 1.807) is 4.90 Å². The molecule has 0 spiro atoms. The second-order valence-electron chi connectivity index (χ2n) is 6.49. The highest BCUT2D eigenvalue weighted by atomic mass is 32.2. The first kappa shape index (κ1) is 19.6. The van der Waals surface area contributed by atoms with Crippen molar-refractivity contribution in [2.24, 2.45) is 0 Å². The first-order valence-electron chi connectivity index (χ1n) is 9.06. The lowest BCUT2D eigenvalue weighted by molar-refractivity contribution is -0.132. The highest BCUT2D eigenvalue weighted by Gasteiger charge is 2.34. The van der Waals surface area contributed by atoms with Crippen LogP contribution in [0.3, 0.4) is 0 Å². The molecular weight excluding hydrogens is 372 g/mol. The molecule has 1 aromatic heterocycles. The number of carbonyl (C=O) groups excluding carboxylic acids is 2. The van der Waals surface area contributed by atoms with Crippen molar-refractivity contribution < 1.29 is 18.0 Å². The van der Waals surface area contributed by atoms with Gasteiger partial charge in [0.15, 0.2) is 0 Å². The molecular formula is C16H24N6O4S. The fourth-order valence-electron chi connectivity index (χ4n) is 3.20. The van der Waals surface area contributed by atoms with Gasteiger partial charge in [-0.15, -0.1) is 0 Å². The smallest absolute Gasteiger partial charge is 0.282 e. The van der Waals surface area contributed by atoms with Gasteiger partial charge >= 0.3 is 0 Å². The Morgan fingerprint density at radius 1 is 1.00 bits per heavy atom. The van der Waals surface area contributed by atoms with Crippen LogP contribution in [0.5, 0.6) is 0 Å². The summed E-state index contributed by atoms with van der Waals surface area (Å²) >= 11 is 0. The largest absolute Gasteiger partial charge is 0.350 e. The third-order valence-corrected chi connectivity index (χ3v) is 6.76. The molecule has 148 valence electrons. The summed E-state index contributed by atoms with van der Waals surface area (Å²) < 4.78 is 28.0. The van der Waals surface area contributed by atoms with Gasteiger partial charge in [-0.3, -0.25) is 14.6 Å². The Hall–Kier alpha value is -2.11. The van der Waals surface area contributed by atoms with Crippen molar-refractivity contribution in [3.05, 3.63) is 24.3 Å². The number of nitrogens with zero attached hydrogens (tertiary/aromatic N) is 5. The molecule has 2 aliphatic rings. The van der Waals surface area contributed by atoms with Crippen LogP contribution in [0, 0.1) is 0 Å². The van der Waals surface area contributed by atoms with Crippen molar-refractivity contribution in [3.8, 4) is 0 Å². The second-order valence-corrected chi connectivity index (χ2v) is 8.42. The minimum absolute atomic E-state index is 0.104. The number of aromatic nitrogens is 2. The normalized spacial score (nSPS) is 19.2. The molecule has 2 fully saturated rings. The fourth-order valence-corrected chi connectivity index (χ4v) is 4.87. The highest BCUT2D eigenvalue weighted by molar-refractivity contribution is 7.86. The molecule has 0 atom stereocenters. The molecule has 11 heteroatoms. The van der Waals surface area contributed by atoms with E-state index in [0.717, 1.165) is 12.8 Å². The highest BCUT2D eigenvalue weighted by Crippen LogP contribution is 2.18. The summed E-state index contributed by atoms with van der Waals surface area (Å²) in [5.74, 6) is -0.481. The van der Waals surface area contributed by atoms with E-state index < -0.39 is 10.2 Å². The predicted molar refractivity (Wildman–Crippen MR) is 96.9 cm³/mol. The molecule has 2 aliphatic heterocycles. The average molecular weight is 396 g/mol. The zero-order valence-corrected chi connectivity index (χ0v) is 15.9. The zero-order valence-electron chi connectivity index (χ0n) is 15.1. The van der Waals surface area contributed by atoms with Crippen LogP contribution in [0.1, 0.15) is 29.8 Å². The molecule has 2 amide bonds. The zero-order chi connectivity index (χ0) is 19.3. The number of hydrogen-bond donors (Lipinski definition) is 1. The van der Waals surface area contributed by atoms with E-state index in [4.69, 9.17) is 0 Å². The van der Waals surface area contributed by atoms with Gasteiger partial charge in [-0.25, -0.2) is 4.98 Å². The Kier molecular flexibility index (Phi) is 6.34. The molecule has 3 rings (SSSR count). The lowest BCUT2D eigenvalue weighted by Crippen LogP contribution is -2.54. The van der Waals surface area contributed by atoms with Crippen molar-refractivity contribution in [2.75, 3.05) is 45.8 Å². The topological polar surface area (TPSA) is 116 Å². The van der Waals surface area contributed by atoms with Gasteiger partial charge in [0.2, 0.25) is 5.91 Å². The van der Waals surface area contributed by atoms with E-state index in [9.17, 15) is 18.0 Å². The summed E-state index contributed by atoms with van der Waals surface area (Å²) in [6, 6.07) is 0. The standard InChI is InChI=1S/C16H24N6O4S/c23-15(3-4-19-16(24)14-13-17-5-6-18-14)20-9-11-22(12-10-20)27(25,26)21-7-1-2-8-21/h5-6,13H,1-4,7-12H2,(H,19,24). The monoisotopic (exact) mass is 396 g/mol. The van der Waals surface area contributed by atoms with E-state index in [1.807, 2.05) is 0 Å². The number of rotatable bonds is 6. The van der Waals surface area contributed by atoms with Crippen molar-refractivity contribution in [1.29, 1.82) is 0 Å². The van der Waals surface area contributed by atoms with Gasteiger partial charge in [-0.2, -0.15) is 17.0 Å². The molecule has 0 saturated carbocycles. The maximum absolute atomic E-state index is 12.5. The number of nitrogens with one attached hydrogen (secondary N) is 1. The van der Waals surface area contributed by atoms with Crippen molar-refractivity contribution >= 4 is 22.0 Å². The molecule has 1 N–H and O–H groups in total. The van der Waals surface area contributed by atoms with Crippen LogP contribution in [0.2, 0.25) is 0 Å². The SMILES string of the molecule is O=C(NCCC(=O)N1CCN(S(=O)(=O)N2CCCC2)CC1)c1cnccn1. The van der Waals surface area contributed by atoms with Crippen LogP contribution in [0.25, 0.3) is 0 Å². The van der Waals surface area contributed by atoms with Gasteiger partial charge in [0.05, 0.1) is 6.20 Å². The Morgan fingerprint density at radius 3 is 2.30 bits per heavy atom. The van der Waals surface area contributed by atoms with E-state index in [0.29, 0.717) is 39.3 Å². The summed E-state index contributed by atoms with van der Waals surface area (Å²) in [7, 11) is -3.41. The molecule has 27 heavy (non-hydrogen) atoms. The van der Waals surface area contributed by atoms with Crippen LogP contribution >= 0.6 is 0 Å². The first-order chi connectivity index (χ1) is 13.0. The van der Waals surface area contributed by atoms with E-state index in [1.165, 1.54) is 27.2 Å². The Labute approximate surface area is 158 Å². The van der Waals surface area contributed by atoms with E-state index in [-0.39, 0.29) is 30.5 Å². The minimum atomic E-state index is -3.41. The second kappa shape index (κ2) is 8.72. The summed E-state index contributed by atoms with van der Waals surface area (Å²) in [4.78, 5) is 33.5. The number of amides is 2. The predicted octanol–water partition coefficient (Wildman–Crippen LogP) is -0.919. The molecule has 10 nitrogen and oxygen atoms in total. The van der Waals surface area contributed by atoms with Gasteiger partial charge in [0, 0.05) is 64.6 Å². The van der Waals surface area contributed by atoms with Gasteiger partial charge < -0.3 is 10.2 Å². The molecule has 2 saturated heterocycles. The maximum Gasteiger partial charge on any atom is 0.282 e. The fraction of sp³-hybridized carbons (Fsp3) is 0.625. The molecule has 0 unspecified atom stereocenters. The summed E-state index contributed by atoms with van der Waals surface area (Å²) in [6.45, 7) is 2.68. The van der Waals surface area contributed by atoms with Crippen LogP contribution in [0.15, 0.2) is 18.6 Å². The molecule has 0 radical (unpaired) electrons. The first-order valence-corrected chi connectivity index (χ1v) is 10.5. The Balaban J connectivity index is 1.41. The molecule has 0 aliphatic carbocycles. The van der Waals surface area contributed by atoms with Gasteiger partial charge in [-0.1, -0.05) is 0 Å². The van der Waals surface area contributed by atoms with Gasteiger partial charge in [0.1, 0.15) is 5.69 Å². The molecule has 1 aromatic rings. The number of piperazine rings is 1. The van der Waals surface area contributed by atoms with E-state index >= 15 is 0 Å². The summed E-state index contributed by atoms with van der Waals surface area (Å²) in [5, 5.41) is 2.64. The number of hydrogen-bond acceptors (Lipinski definition) is 6. The van der Waals surface area contributed by atoms with Gasteiger partial charge in [-0.05, 0) is 12.8 Å². The lowest BCUT2D eigenvalue weighted by atomic mass is 10.3. The average Bonchev–Trinajstić information content (AvgIpc) is 3.24. The van der Waals surface area contributed by atoms with E-state index in [2.05, 4.69) is 15.3 Å².